The van der Waals surface area contributed by atoms with Crippen molar-refractivity contribution in [3.05, 3.63) is 0 Å². The lowest BCUT2D eigenvalue weighted by Gasteiger charge is -2.37. The van der Waals surface area contributed by atoms with E-state index in [1.54, 1.807) is 7.11 Å². The average molecular weight is 271 g/mol. The molecule has 110 valence electrons. The maximum absolute atomic E-state index is 12.0. The van der Waals surface area contributed by atoms with E-state index in [9.17, 15) is 14.7 Å². The Morgan fingerprint density at radius 1 is 1.37 bits per heavy atom. The van der Waals surface area contributed by atoms with E-state index in [-0.39, 0.29) is 12.3 Å². The molecule has 1 amide bonds. The quantitative estimate of drug-likeness (QED) is 0.801. The molecule has 0 spiro atoms. The van der Waals surface area contributed by atoms with Crippen LogP contribution < -0.4 is 5.32 Å². The SMILES string of the molecule is COC(C)(C)CC(=O)NC1(C(=O)O)CCC(C)CC1. The lowest BCUT2D eigenvalue weighted by Crippen LogP contribution is -2.57. The maximum Gasteiger partial charge on any atom is 0.329 e. The zero-order valence-electron chi connectivity index (χ0n) is 12.3. The van der Waals surface area contributed by atoms with E-state index in [1.165, 1.54) is 0 Å². The van der Waals surface area contributed by atoms with Crippen molar-refractivity contribution in [1.82, 2.24) is 5.32 Å². The van der Waals surface area contributed by atoms with Crippen LogP contribution in [0.25, 0.3) is 0 Å². The summed E-state index contributed by atoms with van der Waals surface area (Å²) in [5.74, 6) is -0.661. The van der Waals surface area contributed by atoms with Gasteiger partial charge in [-0.1, -0.05) is 6.92 Å². The van der Waals surface area contributed by atoms with Crippen LogP contribution >= 0.6 is 0 Å². The van der Waals surface area contributed by atoms with Gasteiger partial charge in [0.15, 0.2) is 0 Å². The molecular formula is C14H25NO4. The molecule has 1 aliphatic carbocycles. The summed E-state index contributed by atoms with van der Waals surface area (Å²) in [7, 11) is 1.54. The van der Waals surface area contributed by atoms with Crippen molar-refractivity contribution in [3.8, 4) is 0 Å². The van der Waals surface area contributed by atoms with E-state index in [1.807, 2.05) is 13.8 Å². The van der Waals surface area contributed by atoms with Crippen LogP contribution in [0.1, 0.15) is 52.9 Å². The van der Waals surface area contributed by atoms with Gasteiger partial charge in [-0.25, -0.2) is 4.79 Å². The number of nitrogens with one attached hydrogen (secondary N) is 1. The molecule has 19 heavy (non-hydrogen) atoms. The predicted molar refractivity (Wildman–Crippen MR) is 71.8 cm³/mol. The minimum absolute atomic E-state index is 0.161. The number of ether oxygens (including phenoxy) is 1. The van der Waals surface area contributed by atoms with Crippen molar-refractivity contribution >= 4 is 11.9 Å². The van der Waals surface area contributed by atoms with Crippen LogP contribution in [-0.2, 0) is 14.3 Å². The first-order chi connectivity index (χ1) is 8.71. The summed E-state index contributed by atoms with van der Waals surface area (Å²) in [6, 6.07) is 0. The Labute approximate surface area is 114 Å². The molecule has 0 aromatic carbocycles. The van der Waals surface area contributed by atoms with Gasteiger partial charge in [-0.05, 0) is 45.4 Å². The minimum Gasteiger partial charge on any atom is -0.480 e. The molecular weight excluding hydrogens is 246 g/mol. The first-order valence-corrected chi connectivity index (χ1v) is 6.80. The molecule has 1 rings (SSSR count). The van der Waals surface area contributed by atoms with Crippen molar-refractivity contribution in [1.29, 1.82) is 0 Å². The number of hydrogen-bond acceptors (Lipinski definition) is 3. The zero-order valence-corrected chi connectivity index (χ0v) is 12.3. The van der Waals surface area contributed by atoms with Gasteiger partial charge in [-0.2, -0.15) is 0 Å². The molecule has 5 nitrogen and oxygen atoms in total. The monoisotopic (exact) mass is 271 g/mol. The molecule has 1 fully saturated rings. The lowest BCUT2D eigenvalue weighted by atomic mass is 9.77. The van der Waals surface area contributed by atoms with Crippen LogP contribution in [-0.4, -0.2) is 35.2 Å². The number of hydrogen-bond donors (Lipinski definition) is 2. The second kappa shape index (κ2) is 5.90. The molecule has 0 aromatic rings. The number of carboxylic acids is 1. The first kappa shape index (κ1) is 16.0. The largest absolute Gasteiger partial charge is 0.480 e. The number of amides is 1. The molecule has 0 aliphatic heterocycles. The first-order valence-electron chi connectivity index (χ1n) is 6.80. The van der Waals surface area contributed by atoms with Gasteiger partial charge in [0.25, 0.3) is 0 Å². The molecule has 0 aromatic heterocycles. The molecule has 0 atom stereocenters. The minimum atomic E-state index is -1.09. The van der Waals surface area contributed by atoms with E-state index >= 15 is 0 Å². The topological polar surface area (TPSA) is 75.6 Å². The highest BCUT2D eigenvalue weighted by Gasteiger charge is 2.42. The van der Waals surface area contributed by atoms with Crippen LogP contribution in [0, 0.1) is 5.92 Å². The maximum atomic E-state index is 12.0. The van der Waals surface area contributed by atoms with Crippen molar-refractivity contribution in [2.24, 2.45) is 5.92 Å². The third-order valence-electron chi connectivity index (χ3n) is 4.05. The number of carbonyl (C=O) groups excluding carboxylic acids is 1. The van der Waals surface area contributed by atoms with Crippen LogP contribution in [0.2, 0.25) is 0 Å². The van der Waals surface area contributed by atoms with E-state index in [0.717, 1.165) is 12.8 Å². The molecule has 0 bridgehead atoms. The summed E-state index contributed by atoms with van der Waals surface area (Å²) in [5.41, 5.74) is -1.67. The van der Waals surface area contributed by atoms with Gasteiger partial charge in [0.05, 0.1) is 12.0 Å². The highest BCUT2D eigenvalue weighted by atomic mass is 16.5. The summed E-state index contributed by atoms with van der Waals surface area (Å²) in [5, 5.41) is 12.2. The number of methoxy groups -OCH3 is 1. The predicted octanol–water partition coefficient (Wildman–Crippen LogP) is 1.95. The van der Waals surface area contributed by atoms with Crippen LogP contribution in [0.5, 0.6) is 0 Å². The molecule has 0 radical (unpaired) electrons. The van der Waals surface area contributed by atoms with Gasteiger partial charge in [-0.15, -0.1) is 0 Å². The Morgan fingerprint density at radius 3 is 2.32 bits per heavy atom. The molecule has 5 heteroatoms. The third kappa shape index (κ3) is 4.20. The zero-order chi connectivity index (χ0) is 14.7. The van der Waals surface area contributed by atoms with Gasteiger partial charge in [-0.3, -0.25) is 4.79 Å². The molecule has 0 saturated heterocycles. The third-order valence-corrected chi connectivity index (χ3v) is 4.05. The highest BCUT2D eigenvalue weighted by molar-refractivity contribution is 5.87. The molecule has 1 aliphatic rings. The Hall–Kier alpha value is -1.10. The van der Waals surface area contributed by atoms with Crippen molar-refractivity contribution in [2.75, 3.05) is 7.11 Å². The standard InChI is InChI=1S/C14H25NO4/c1-10-5-7-14(8-6-10,12(17)18)15-11(16)9-13(2,3)19-4/h10H,5-9H2,1-4H3,(H,15,16)(H,17,18). The van der Waals surface area contributed by atoms with Gasteiger partial charge >= 0.3 is 5.97 Å². The summed E-state index contributed by atoms with van der Waals surface area (Å²) >= 11 is 0. The summed E-state index contributed by atoms with van der Waals surface area (Å²) in [6.45, 7) is 5.73. The Morgan fingerprint density at radius 2 is 1.89 bits per heavy atom. The Bertz CT molecular complexity index is 343. The van der Waals surface area contributed by atoms with Gasteiger partial charge in [0.2, 0.25) is 5.91 Å². The second-order valence-electron chi connectivity index (χ2n) is 6.26. The summed E-state index contributed by atoms with van der Waals surface area (Å²) < 4.78 is 5.20. The van der Waals surface area contributed by atoms with E-state index < -0.39 is 17.1 Å². The smallest absolute Gasteiger partial charge is 0.329 e. The van der Waals surface area contributed by atoms with Crippen molar-refractivity contribution in [2.45, 2.75) is 64.0 Å². The average Bonchev–Trinajstić information content (AvgIpc) is 2.31. The molecule has 0 heterocycles. The number of carboxylic acid groups (broad SMARTS) is 1. The van der Waals surface area contributed by atoms with E-state index in [0.29, 0.717) is 18.8 Å². The fourth-order valence-electron chi connectivity index (χ4n) is 2.42. The number of carbonyl (C=O) groups is 2. The normalized spacial score (nSPS) is 27.9. The fourth-order valence-corrected chi connectivity index (χ4v) is 2.42. The van der Waals surface area contributed by atoms with Gasteiger partial charge in [0, 0.05) is 7.11 Å². The van der Waals surface area contributed by atoms with E-state index in [4.69, 9.17) is 4.74 Å². The number of rotatable bonds is 5. The van der Waals surface area contributed by atoms with Crippen molar-refractivity contribution < 1.29 is 19.4 Å². The lowest BCUT2D eigenvalue weighted by molar-refractivity contribution is -0.150. The van der Waals surface area contributed by atoms with Gasteiger partial charge < -0.3 is 15.2 Å². The molecule has 2 N–H and O–H groups in total. The number of aliphatic carboxylic acids is 1. The molecule has 0 unspecified atom stereocenters. The summed E-state index contributed by atoms with van der Waals surface area (Å²) in [4.78, 5) is 23.5. The molecule has 1 saturated carbocycles. The van der Waals surface area contributed by atoms with Gasteiger partial charge in [0.1, 0.15) is 5.54 Å². The van der Waals surface area contributed by atoms with E-state index in [2.05, 4.69) is 12.2 Å². The summed E-state index contributed by atoms with van der Waals surface area (Å²) in [6.07, 6.45) is 2.83. The van der Waals surface area contributed by atoms with Crippen molar-refractivity contribution in [3.63, 3.8) is 0 Å². The van der Waals surface area contributed by atoms with Crippen LogP contribution in [0.4, 0.5) is 0 Å². The Balaban J connectivity index is 2.70. The van der Waals surface area contributed by atoms with Crippen LogP contribution in [0.3, 0.4) is 0 Å². The Kier molecular flexibility index (Phi) is 4.96. The highest BCUT2D eigenvalue weighted by Crippen LogP contribution is 2.32. The van der Waals surface area contributed by atoms with Crippen LogP contribution in [0.15, 0.2) is 0 Å². The fraction of sp³-hybridized carbons (Fsp3) is 0.857. The second-order valence-corrected chi connectivity index (χ2v) is 6.26.